The van der Waals surface area contributed by atoms with Crippen LogP contribution in [0.4, 0.5) is 0 Å². The van der Waals surface area contributed by atoms with Crippen LogP contribution in [0.3, 0.4) is 0 Å². The van der Waals surface area contributed by atoms with Crippen molar-refractivity contribution in [3.8, 4) is 5.75 Å². The van der Waals surface area contributed by atoms with Crippen molar-refractivity contribution < 1.29 is 28.7 Å². The number of amides is 5. The highest BCUT2D eigenvalue weighted by atomic mass is 16.5. The largest absolute Gasteiger partial charge is 0.491 e. The number of benzene rings is 2. The van der Waals surface area contributed by atoms with Gasteiger partial charge in [-0.15, -0.1) is 0 Å². The third-order valence-corrected chi connectivity index (χ3v) is 7.26. The number of nitrogens with one attached hydrogen (secondary N) is 4. The fourth-order valence-corrected chi connectivity index (χ4v) is 4.81. The van der Waals surface area contributed by atoms with Crippen LogP contribution in [0.1, 0.15) is 49.5 Å². The molecule has 3 atom stereocenters. The van der Waals surface area contributed by atoms with Gasteiger partial charge in [-0.2, -0.15) is 0 Å². The summed E-state index contributed by atoms with van der Waals surface area (Å²) in [5, 5.41) is 11.2. The first-order valence-electron chi connectivity index (χ1n) is 15.3. The van der Waals surface area contributed by atoms with Gasteiger partial charge in [0.15, 0.2) is 0 Å². The molecule has 1 aliphatic rings. The number of hydrogen-bond acceptors (Lipinski definition) is 7. The summed E-state index contributed by atoms with van der Waals surface area (Å²) < 4.78 is 5.92. The second-order valence-corrected chi connectivity index (χ2v) is 11.9. The van der Waals surface area contributed by atoms with Gasteiger partial charge in [0.25, 0.3) is 5.91 Å². The van der Waals surface area contributed by atoms with E-state index in [4.69, 9.17) is 4.74 Å². The Balaban J connectivity index is 1.97. The summed E-state index contributed by atoms with van der Waals surface area (Å²) in [4.78, 5) is 70.6. The van der Waals surface area contributed by atoms with Gasteiger partial charge in [0.05, 0.1) is 24.6 Å². The molecule has 0 saturated heterocycles. The molecule has 1 heterocycles. The Labute approximate surface area is 265 Å². The van der Waals surface area contributed by atoms with Gasteiger partial charge in [-0.25, -0.2) is 0 Å². The number of carbonyl (C=O) groups is 5. The van der Waals surface area contributed by atoms with Crippen LogP contribution in [0.5, 0.6) is 5.75 Å². The average Bonchev–Trinajstić information content (AvgIpc) is 3.00. The zero-order valence-corrected chi connectivity index (χ0v) is 26.8. The molecule has 0 unspecified atom stereocenters. The third kappa shape index (κ3) is 11.2. The van der Waals surface area contributed by atoms with Crippen LogP contribution in [0.15, 0.2) is 54.6 Å². The Bertz CT molecular complexity index is 1320. The average molecular weight is 623 g/mol. The predicted molar refractivity (Wildman–Crippen MR) is 170 cm³/mol. The lowest BCUT2D eigenvalue weighted by Gasteiger charge is -2.27. The number of ether oxygens (including phenoxy) is 1. The molecule has 244 valence electrons. The highest BCUT2D eigenvalue weighted by molar-refractivity contribution is 6.01. The van der Waals surface area contributed by atoms with Crippen molar-refractivity contribution in [2.75, 3.05) is 40.3 Å². The Hall–Kier alpha value is -4.45. The molecule has 1 aliphatic heterocycles. The number of fused-ring (bicyclic) bond motifs is 1. The predicted octanol–water partition coefficient (Wildman–Crippen LogP) is 1.31. The van der Waals surface area contributed by atoms with Gasteiger partial charge >= 0.3 is 0 Å². The molecular weight excluding hydrogens is 576 g/mol. The summed E-state index contributed by atoms with van der Waals surface area (Å²) in [7, 11) is 3.86. The van der Waals surface area contributed by atoms with Crippen LogP contribution in [0.25, 0.3) is 0 Å². The fourth-order valence-electron chi connectivity index (χ4n) is 4.81. The van der Waals surface area contributed by atoms with E-state index in [1.54, 1.807) is 31.2 Å². The molecule has 3 rings (SSSR count). The highest BCUT2D eigenvalue weighted by Crippen LogP contribution is 2.19. The van der Waals surface area contributed by atoms with Crippen LogP contribution in [0, 0.1) is 5.92 Å². The van der Waals surface area contributed by atoms with Gasteiger partial charge < -0.3 is 35.8 Å². The molecule has 0 aromatic heterocycles. The van der Waals surface area contributed by atoms with E-state index in [0.29, 0.717) is 13.0 Å². The maximum atomic E-state index is 13.8. The molecule has 0 spiro atoms. The molecule has 0 bridgehead atoms. The maximum absolute atomic E-state index is 13.8. The molecule has 0 fully saturated rings. The summed E-state index contributed by atoms with van der Waals surface area (Å²) in [6.45, 7) is 6.27. The Morgan fingerprint density at radius 3 is 2.38 bits per heavy atom. The van der Waals surface area contributed by atoms with E-state index in [-0.39, 0.29) is 43.3 Å². The van der Waals surface area contributed by atoms with E-state index in [2.05, 4.69) is 21.3 Å². The standard InChI is InChI=1S/C33H46N6O6/c1-22(2)30-33(44)35-23(3)21-45-27-15-10-9-14-25(27)31(42)36-26(32(43)34-16-11-17-38(4)5)18-29(41)39(20-28(40)37-30)19-24-12-7-6-8-13-24/h6-10,12-15,22-23,26,30H,11,16-21H2,1-5H3,(H,34,43)(H,35,44)(H,36,42)(H,37,40)/t23-,26-,30+/m0/s1. The third-order valence-electron chi connectivity index (χ3n) is 7.26. The minimum Gasteiger partial charge on any atom is -0.491 e. The van der Waals surface area contributed by atoms with Gasteiger partial charge in [-0.3, -0.25) is 24.0 Å². The summed E-state index contributed by atoms with van der Waals surface area (Å²) in [6.07, 6.45) is 0.284. The van der Waals surface area contributed by atoms with Gasteiger partial charge in [0.1, 0.15) is 24.4 Å². The van der Waals surface area contributed by atoms with Crippen molar-refractivity contribution in [2.24, 2.45) is 5.92 Å². The first kappa shape index (κ1) is 35.0. The van der Waals surface area contributed by atoms with E-state index >= 15 is 0 Å². The summed E-state index contributed by atoms with van der Waals surface area (Å²) >= 11 is 0. The van der Waals surface area contributed by atoms with Crippen molar-refractivity contribution in [3.05, 3.63) is 65.7 Å². The summed E-state index contributed by atoms with van der Waals surface area (Å²) in [6, 6.07) is 13.2. The molecule has 0 aliphatic carbocycles. The first-order chi connectivity index (χ1) is 21.4. The fraction of sp³-hybridized carbons (Fsp3) is 0.485. The van der Waals surface area contributed by atoms with Gasteiger partial charge in [-0.05, 0) is 57.6 Å². The van der Waals surface area contributed by atoms with Crippen LogP contribution in [-0.2, 0) is 25.7 Å². The zero-order valence-electron chi connectivity index (χ0n) is 26.8. The van der Waals surface area contributed by atoms with Crippen molar-refractivity contribution in [1.82, 2.24) is 31.1 Å². The highest BCUT2D eigenvalue weighted by Gasteiger charge is 2.31. The molecule has 12 nitrogen and oxygen atoms in total. The lowest BCUT2D eigenvalue weighted by molar-refractivity contribution is -0.139. The van der Waals surface area contributed by atoms with E-state index in [1.807, 2.05) is 63.2 Å². The number of hydrogen-bond donors (Lipinski definition) is 4. The number of para-hydroxylation sites is 1. The van der Waals surface area contributed by atoms with Crippen LogP contribution >= 0.6 is 0 Å². The molecule has 0 radical (unpaired) electrons. The summed E-state index contributed by atoms with van der Waals surface area (Å²) in [5.41, 5.74) is 0.951. The van der Waals surface area contributed by atoms with Crippen molar-refractivity contribution in [3.63, 3.8) is 0 Å². The van der Waals surface area contributed by atoms with E-state index in [9.17, 15) is 24.0 Å². The quantitative estimate of drug-likeness (QED) is 0.325. The normalized spacial score (nSPS) is 20.4. The topological polar surface area (TPSA) is 149 Å². The van der Waals surface area contributed by atoms with E-state index in [0.717, 1.165) is 12.1 Å². The molecule has 4 N–H and O–H groups in total. The Kier molecular flexibility index (Phi) is 13.3. The summed E-state index contributed by atoms with van der Waals surface area (Å²) in [5.74, 6) is -2.53. The Morgan fingerprint density at radius 2 is 1.69 bits per heavy atom. The SMILES string of the molecule is CC(C)[C@H]1NC(=O)CN(Cc2ccccc2)C(=O)C[C@@H](C(=O)NCCCN(C)C)NC(=O)c2ccccc2OC[C@H](C)NC1=O. The van der Waals surface area contributed by atoms with Crippen LogP contribution in [0.2, 0.25) is 0 Å². The molecule has 45 heavy (non-hydrogen) atoms. The Morgan fingerprint density at radius 1 is 1.00 bits per heavy atom. The molecule has 5 amide bonds. The molecule has 2 aromatic carbocycles. The molecule has 12 heteroatoms. The van der Waals surface area contributed by atoms with Gasteiger partial charge in [0, 0.05) is 13.1 Å². The maximum Gasteiger partial charge on any atom is 0.255 e. The second kappa shape index (κ2) is 17.1. The smallest absolute Gasteiger partial charge is 0.255 e. The first-order valence-corrected chi connectivity index (χ1v) is 15.3. The van der Waals surface area contributed by atoms with E-state index < -0.39 is 47.7 Å². The minimum absolute atomic E-state index is 0.0495. The number of carbonyl (C=O) groups excluding carboxylic acids is 5. The van der Waals surface area contributed by atoms with Crippen molar-refractivity contribution in [2.45, 2.75) is 58.3 Å². The van der Waals surface area contributed by atoms with Crippen LogP contribution in [-0.4, -0.2) is 97.8 Å². The molecule has 0 saturated carbocycles. The lowest BCUT2D eigenvalue weighted by atomic mass is 10.0. The number of rotatable bonds is 8. The minimum atomic E-state index is -1.22. The lowest BCUT2D eigenvalue weighted by Crippen LogP contribution is -2.54. The van der Waals surface area contributed by atoms with Crippen LogP contribution < -0.4 is 26.0 Å². The second-order valence-electron chi connectivity index (χ2n) is 11.9. The zero-order chi connectivity index (χ0) is 32.9. The van der Waals surface area contributed by atoms with Crippen molar-refractivity contribution in [1.29, 1.82) is 0 Å². The van der Waals surface area contributed by atoms with E-state index in [1.165, 1.54) is 4.90 Å². The monoisotopic (exact) mass is 622 g/mol. The molecular formula is C33H46N6O6. The van der Waals surface area contributed by atoms with Gasteiger partial charge in [0.2, 0.25) is 23.6 Å². The molecule has 2 aromatic rings. The number of nitrogens with zero attached hydrogens (tertiary/aromatic N) is 2. The van der Waals surface area contributed by atoms with Crippen molar-refractivity contribution >= 4 is 29.5 Å². The van der Waals surface area contributed by atoms with Gasteiger partial charge in [-0.1, -0.05) is 56.3 Å².